The van der Waals surface area contributed by atoms with Crippen molar-refractivity contribution in [1.82, 2.24) is 19.6 Å². The quantitative estimate of drug-likeness (QED) is 0.498. The van der Waals surface area contributed by atoms with E-state index in [0.29, 0.717) is 29.2 Å². The SMILES string of the molecule is CCC(CCOC)Cn1cc(-c2noc(CN(C)CC(N)=O)n2)c2cccc(Cl)c21. The molecule has 0 radical (unpaired) electrons. The third-order valence-electron chi connectivity index (χ3n) is 5.15. The van der Waals surface area contributed by atoms with E-state index in [4.69, 9.17) is 26.6 Å². The van der Waals surface area contributed by atoms with Crippen molar-refractivity contribution in [2.75, 3.05) is 27.3 Å². The van der Waals surface area contributed by atoms with E-state index >= 15 is 0 Å². The molecule has 0 aliphatic carbocycles. The van der Waals surface area contributed by atoms with E-state index in [1.54, 1.807) is 19.1 Å². The number of para-hydroxylation sites is 1. The number of hydrogen-bond donors (Lipinski definition) is 1. The van der Waals surface area contributed by atoms with Gasteiger partial charge in [0.2, 0.25) is 17.6 Å². The molecule has 3 aromatic rings. The van der Waals surface area contributed by atoms with Crippen LogP contribution in [0, 0.1) is 5.92 Å². The molecule has 30 heavy (non-hydrogen) atoms. The number of fused-ring (bicyclic) bond motifs is 1. The zero-order chi connectivity index (χ0) is 21.7. The van der Waals surface area contributed by atoms with Gasteiger partial charge in [0.25, 0.3) is 0 Å². The maximum atomic E-state index is 11.1. The zero-order valence-corrected chi connectivity index (χ0v) is 18.4. The minimum absolute atomic E-state index is 0.118. The summed E-state index contributed by atoms with van der Waals surface area (Å²) >= 11 is 6.56. The third kappa shape index (κ3) is 5.19. The Hall–Kier alpha value is -2.42. The fourth-order valence-electron chi connectivity index (χ4n) is 3.61. The summed E-state index contributed by atoms with van der Waals surface area (Å²) in [6, 6.07) is 5.82. The number of likely N-dealkylation sites (N-methyl/N-ethyl adjacent to an activating group) is 1. The number of aromatic nitrogens is 3. The Balaban J connectivity index is 1.92. The van der Waals surface area contributed by atoms with Gasteiger partial charge in [0.15, 0.2) is 0 Å². The normalized spacial score (nSPS) is 12.7. The highest BCUT2D eigenvalue weighted by molar-refractivity contribution is 6.35. The molecule has 0 aliphatic heterocycles. The van der Waals surface area contributed by atoms with Crippen LogP contribution in [0.1, 0.15) is 25.7 Å². The molecule has 2 N–H and O–H groups in total. The van der Waals surface area contributed by atoms with Crippen molar-refractivity contribution >= 4 is 28.4 Å². The standard InChI is InChI=1S/C21H28ClN5O3/c1-4-14(8-9-29-3)10-27-11-16(15-6-5-7-17(22)20(15)27)21-24-19(30-25-21)13-26(2)12-18(23)28/h5-7,11,14H,4,8-10,12-13H2,1-3H3,(H2,23,28). The number of rotatable bonds is 11. The Morgan fingerprint density at radius 1 is 1.43 bits per heavy atom. The van der Waals surface area contributed by atoms with Crippen LogP contribution in [0.25, 0.3) is 22.3 Å². The van der Waals surface area contributed by atoms with Crippen LogP contribution in [-0.2, 0) is 22.6 Å². The highest BCUT2D eigenvalue weighted by atomic mass is 35.5. The summed E-state index contributed by atoms with van der Waals surface area (Å²) in [7, 11) is 3.49. The van der Waals surface area contributed by atoms with Crippen molar-refractivity contribution in [2.24, 2.45) is 11.7 Å². The van der Waals surface area contributed by atoms with Gasteiger partial charge in [-0.25, -0.2) is 0 Å². The topological polar surface area (TPSA) is 99.4 Å². The van der Waals surface area contributed by atoms with Crippen molar-refractivity contribution in [1.29, 1.82) is 0 Å². The molecular weight excluding hydrogens is 406 g/mol. The lowest BCUT2D eigenvalue weighted by molar-refractivity contribution is -0.119. The molecule has 0 saturated heterocycles. The van der Waals surface area contributed by atoms with Crippen LogP contribution in [0.4, 0.5) is 0 Å². The Kier molecular flexibility index (Phi) is 7.47. The number of amides is 1. The Morgan fingerprint density at radius 3 is 2.93 bits per heavy atom. The Labute approximate surface area is 180 Å². The molecule has 1 atom stereocenters. The van der Waals surface area contributed by atoms with Crippen molar-refractivity contribution in [2.45, 2.75) is 32.9 Å². The van der Waals surface area contributed by atoms with Gasteiger partial charge in [-0.2, -0.15) is 4.98 Å². The molecule has 0 aliphatic rings. The molecule has 9 heteroatoms. The maximum absolute atomic E-state index is 11.1. The summed E-state index contributed by atoms with van der Waals surface area (Å²) in [6.07, 6.45) is 4.06. The van der Waals surface area contributed by atoms with Crippen molar-refractivity contribution in [3.8, 4) is 11.4 Å². The molecule has 1 amide bonds. The summed E-state index contributed by atoms with van der Waals surface area (Å²) in [6.45, 7) is 4.19. The second kappa shape index (κ2) is 10.1. The number of hydrogen-bond acceptors (Lipinski definition) is 6. The first-order valence-corrected chi connectivity index (χ1v) is 10.4. The number of methoxy groups -OCH3 is 1. The summed E-state index contributed by atoms with van der Waals surface area (Å²) in [5.41, 5.74) is 7.06. The first-order valence-electron chi connectivity index (χ1n) is 9.99. The van der Waals surface area contributed by atoms with Gasteiger partial charge in [0.1, 0.15) is 0 Å². The molecule has 1 unspecified atom stereocenters. The Bertz CT molecular complexity index is 1000. The van der Waals surface area contributed by atoms with Crippen LogP contribution in [0.15, 0.2) is 28.9 Å². The van der Waals surface area contributed by atoms with Crippen LogP contribution >= 0.6 is 11.6 Å². The van der Waals surface area contributed by atoms with Gasteiger partial charge in [-0.05, 0) is 25.5 Å². The van der Waals surface area contributed by atoms with Crippen molar-refractivity contribution in [3.05, 3.63) is 35.3 Å². The van der Waals surface area contributed by atoms with Gasteiger partial charge in [-0.3, -0.25) is 9.69 Å². The fourth-order valence-corrected chi connectivity index (χ4v) is 3.89. The average Bonchev–Trinajstić information content (AvgIpc) is 3.29. The van der Waals surface area contributed by atoms with Gasteiger partial charge in [0.05, 0.1) is 23.6 Å². The van der Waals surface area contributed by atoms with E-state index < -0.39 is 5.91 Å². The Morgan fingerprint density at radius 2 is 2.23 bits per heavy atom. The molecule has 2 aromatic heterocycles. The van der Waals surface area contributed by atoms with Crippen LogP contribution in [0.3, 0.4) is 0 Å². The molecule has 8 nitrogen and oxygen atoms in total. The largest absolute Gasteiger partial charge is 0.385 e. The van der Waals surface area contributed by atoms with E-state index in [0.717, 1.165) is 42.5 Å². The number of benzene rings is 1. The first-order chi connectivity index (χ1) is 14.4. The second-order valence-corrected chi connectivity index (χ2v) is 7.94. The van der Waals surface area contributed by atoms with E-state index in [1.165, 1.54) is 0 Å². The number of nitrogens with zero attached hydrogens (tertiary/aromatic N) is 4. The molecular formula is C21H28ClN5O3. The van der Waals surface area contributed by atoms with E-state index in [-0.39, 0.29) is 6.54 Å². The van der Waals surface area contributed by atoms with Crippen LogP contribution < -0.4 is 5.73 Å². The molecule has 0 saturated carbocycles. The van der Waals surface area contributed by atoms with Crippen molar-refractivity contribution in [3.63, 3.8) is 0 Å². The number of carbonyl (C=O) groups excluding carboxylic acids is 1. The van der Waals surface area contributed by atoms with Gasteiger partial charge >= 0.3 is 0 Å². The molecule has 1 aromatic carbocycles. The third-order valence-corrected chi connectivity index (χ3v) is 5.46. The molecule has 3 rings (SSSR count). The van der Waals surface area contributed by atoms with Gasteiger partial charge in [0, 0.05) is 37.4 Å². The van der Waals surface area contributed by atoms with Crippen molar-refractivity contribution < 1.29 is 14.1 Å². The predicted molar refractivity (Wildman–Crippen MR) is 116 cm³/mol. The number of halogens is 1. The maximum Gasteiger partial charge on any atom is 0.241 e. The lowest BCUT2D eigenvalue weighted by Gasteiger charge is -2.16. The van der Waals surface area contributed by atoms with Crippen LogP contribution in [0.2, 0.25) is 5.02 Å². The van der Waals surface area contributed by atoms with Gasteiger partial charge in [-0.1, -0.05) is 42.2 Å². The van der Waals surface area contributed by atoms with Gasteiger partial charge < -0.3 is 19.6 Å². The summed E-state index contributed by atoms with van der Waals surface area (Å²) in [5, 5.41) is 5.81. The number of primary amides is 1. The monoisotopic (exact) mass is 433 g/mol. The highest BCUT2D eigenvalue weighted by Crippen LogP contribution is 2.34. The number of nitrogens with two attached hydrogens (primary N) is 1. The van der Waals surface area contributed by atoms with E-state index in [2.05, 4.69) is 21.6 Å². The fraction of sp³-hybridized carbons (Fsp3) is 0.476. The molecule has 162 valence electrons. The number of carbonyl (C=O) groups is 1. The number of ether oxygens (including phenoxy) is 1. The summed E-state index contributed by atoms with van der Waals surface area (Å²) < 4.78 is 12.8. The minimum atomic E-state index is -0.408. The molecule has 0 spiro atoms. The highest BCUT2D eigenvalue weighted by Gasteiger charge is 2.19. The lowest BCUT2D eigenvalue weighted by atomic mass is 10.0. The lowest BCUT2D eigenvalue weighted by Crippen LogP contribution is -2.30. The smallest absolute Gasteiger partial charge is 0.241 e. The van der Waals surface area contributed by atoms with Crippen LogP contribution in [0.5, 0.6) is 0 Å². The molecule has 0 fully saturated rings. The zero-order valence-electron chi connectivity index (χ0n) is 17.6. The first kappa shape index (κ1) is 22.3. The van der Waals surface area contributed by atoms with E-state index in [1.807, 2.05) is 24.4 Å². The summed E-state index contributed by atoms with van der Waals surface area (Å²) in [5.74, 6) is 0.971. The second-order valence-electron chi connectivity index (χ2n) is 7.54. The predicted octanol–water partition coefficient (Wildman–Crippen LogP) is 3.32. The molecule has 2 heterocycles. The van der Waals surface area contributed by atoms with Crippen LogP contribution in [-0.4, -0.2) is 52.8 Å². The molecule has 0 bridgehead atoms. The average molecular weight is 434 g/mol. The summed E-state index contributed by atoms with van der Waals surface area (Å²) in [4.78, 5) is 17.3. The minimum Gasteiger partial charge on any atom is -0.385 e. The van der Waals surface area contributed by atoms with Gasteiger partial charge in [-0.15, -0.1) is 0 Å². The van der Waals surface area contributed by atoms with E-state index in [9.17, 15) is 4.79 Å².